The van der Waals surface area contributed by atoms with Crippen LogP contribution >= 0.6 is 0 Å². The Labute approximate surface area is 218 Å². The first-order chi connectivity index (χ1) is 16.9. The van der Waals surface area contributed by atoms with Crippen LogP contribution in [0.1, 0.15) is 22.3 Å². The Morgan fingerprint density at radius 3 is 1.19 bits per heavy atom. The average Bonchev–Trinajstić information content (AvgIpc) is 2.87. The molecule has 186 valence electrons. The van der Waals surface area contributed by atoms with Crippen LogP contribution in [-0.2, 0) is 11.2 Å². The van der Waals surface area contributed by atoms with Crippen LogP contribution in [-0.4, -0.2) is 26.4 Å². The predicted molar refractivity (Wildman–Crippen MR) is 158 cm³/mol. The van der Waals surface area contributed by atoms with Crippen molar-refractivity contribution >= 4 is 26.5 Å². The van der Waals surface area contributed by atoms with Crippen molar-refractivity contribution in [3.05, 3.63) is 131 Å². The van der Waals surface area contributed by atoms with Crippen molar-refractivity contribution < 1.29 is 10.2 Å². The van der Waals surface area contributed by atoms with E-state index in [2.05, 4.69) is 51.4 Å². The highest BCUT2D eigenvalue weighted by Crippen LogP contribution is 2.49. The third-order valence-electron chi connectivity index (χ3n) is 7.11. The quantitative estimate of drug-likeness (QED) is 0.302. The van der Waals surface area contributed by atoms with Gasteiger partial charge in [0.1, 0.15) is 0 Å². The Hall–Kier alpha value is -2.77. The summed E-state index contributed by atoms with van der Waals surface area (Å²) in [6.45, 7) is 14.1. The Bertz CT molecular complexity index is 1270. The molecule has 0 spiro atoms. The van der Waals surface area contributed by atoms with Crippen molar-refractivity contribution in [3.8, 4) is 0 Å². The first kappa shape index (κ1) is 26.3. The van der Waals surface area contributed by atoms with Gasteiger partial charge in [-0.15, -0.1) is 0 Å². The summed E-state index contributed by atoms with van der Waals surface area (Å²) >= 11 is 0. The minimum Gasteiger partial charge on any atom is -0.377 e. The lowest BCUT2D eigenvalue weighted by Crippen LogP contribution is -2.62. The molecule has 1 unspecified atom stereocenters. The van der Waals surface area contributed by atoms with Crippen LogP contribution in [0, 0.1) is 0 Å². The molecule has 0 saturated carbocycles. The zero-order valence-electron chi connectivity index (χ0n) is 22.3. The molecule has 1 atom stereocenters. The summed E-state index contributed by atoms with van der Waals surface area (Å²) in [6, 6.07) is 35.3. The van der Waals surface area contributed by atoms with Gasteiger partial charge in [0.25, 0.3) is 0 Å². The molecule has 0 aliphatic rings. The molecule has 0 heterocycles. The summed E-state index contributed by atoms with van der Waals surface area (Å²) in [7, 11) is -3.77. The molecule has 0 aliphatic carbocycles. The SMILES string of the molecule is C[Si](C)(C)c1cccc(C(O)(c2ccccc2)C(O)(c2ccccc2)c2ccccc2)c1[Si](C)(C)C. The molecule has 0 saturated heterocycles. The first-order valence-corrected chi connectivity index (χ1v) is 19.7. The van der Waals surface area contributed by atoms with Crippen LogP contribution in [0.25, 0.3) is 0 Å². The predicted octanol–water partition coefficient (Wildman–Crippen LogP) is 5.95. The summed E-state index contributed by atoms with van der Waals surface area (Å²) in [4.78, 5) is 0. The van der Waals surface area contributed by atoms with Gasteiger partial charge in [0, 0.05) is 0 Å². The van der Waals surface area contributed by atoms with Gasteiger partial charge in [-0.05, 0) is 22.3 Å². The van der Waals surface area contributed by atoms with E-state index in [1.807, 2.05) is 97.1 Å². The van der Waals surface area contributed by atoms with Gasteiger partial charge in [0.15, 0.2) is 11.2 Å². The summed E-state index contributed by atoms with van der Waals surface area (Å²) in [5.74, 6) is 0. The Morgan fingerprint density at radius 1 is 0.444 bits per heavy atom. The monoisotopic (exact) mass is 510 g/mol. The highest BCUT2D eigenvalue weighted by atomic mass is 28.3. The van der Waals surface area contributed by atoms with E-state index >= 15 is 0 Å². The molecule has 4 rings (SSSR count). The van der Waals surface area contributed by atoms with E-state index in [1.54, 1.807) is 0 Å². The summed E-state index contributed by atoms with van der Waals surface area (Å²) < 4.78 is 0. The molecule has 36 heavy (non-hydrogen) atoms. The number of hydrogen-bond acceptors (Lipinski definition) is 2. The second-order valence-corrected chi connectivity index (χ2v) is 21.8. The fraction of sp³-hybridized carbons (Fsp3) is 0.250. The van der Waals surface area contributed by atoms with E-state index in [0.717, 1.165) is 5.56 Å². The van der Waals surface area contributed by atoms with E-state index in [4.69, 9.17) is 0 Å². The van der Waals surface area contributed by atoms with Crippen LogP contribution in [0.5, 0.6) is 0 Å². The normalized spacial score (nSPS) is 14.3. The fourth-order valence-electron chi connectivity index (χ4n) is 5.47. The van der Waals surface area contributed by atoms with Crippen molar-refractivity contribution in [2.45, 2.75) is 50.5 Å². The van der Waals surface area contributed by atoms with Gasteiger partial charge in [0.05, 0.1) is 16.1 Å². The molecule has 0 amide bonds. The molecule has 4 heteroatoms. The number of benzene rings is 4. The zero-order valence-corrected chi connectivity index (χ0v) is 24.3. The van der Waals surface area contributed by atoms with Crippen molar-refractivity contribution in [2.75, 3.05) is 0 Å². The van der Waals surface area contributed by atoms with Gasteiger partial charge in [-0.25, -0.2) is 0 Å². The van der Waals surface area contributed by atoms with Crippen LogP contribution in [0.2, 0.25) is 39.3 Å². The maximum atomic E-state index is 13.3. The van der Waals surface area contributed by atoms with Crippen LogP contribution in [0.3, 0.4) is 0 Å². The van der Waals surface area contributed by atoms with Crippen LogP contribution in [0.4, 0.5) is 0 Å². The molecule has 2 nitrogen and oxygen atoms in total. The molecule has 4 aromatic carbocycles. The van der Waals surface area contributed by atoms with Gasteiger partial charge in [0.2, 0.25) is 0 Å². The number of rotatable bonds is 7. The van der Waals surface area contributed by atoms with E-state index in [9.17, 15) is 10.2 Å². The molecular formula is C32H38O2Si2. The van der Waals surface area contributed by atoms with Crippen LogP contribution in [0.15, 0.2) is 109 Å². The number of hydrogen-bond donors (Lipinski definition) is 2. The third kappa shape index (κ3) is 4.44. The highest BCUT2D eigenvalue weighted by molar-refractivity contribution is 6.98. The van der Waals surface area contributed by atoms with Gasteiger partial charge in [-0.1, -0.05) is 159 Å². The maximum absolute atomic E-state index is 13.3. The summed E-state index contributed by atoms with van der Waals surface area (Å²) in [5, 5.41) is 29.0. The van der Waals surface area contributed by atoms with Crippen molar-refractivity contribution in [1.29, 1.82) is 0 Å². The number of aliphatic hydroxyl groups is 2. The third-order valence-corrected chi connectivity index (χ3v) is 11.4. The Kier molecular flexibility index (Phi) is 7.01. The minimum absolute atomic E-state index is 0.655. The van der Waals surface area contributed by atoms with E-state index in [0.29, 0.717) is 16.7 Å². The second kappa shape index (κ2) is 9.60. The first-order valence-electron chi connectivity index (χ1n) is 12.7. The second-order valence-electron chi connectivity index (χ2n) is 11.7. The molecule has 0 fully saturated rings. The molecule has 0 bridgehead atoms. The van der Waals surface area contributed by atoms with E-state index < -0.39 is 27.3 Å². The van der Waals surface area contributed by atoms with Crippen LogP contribution < -0.4 is 10.4 Å². The fourth-order valence-corrected chi connectivity index (χ4v) is 11.2. The van der Waals surface area contributed by atoms with Crippen molar-refractivity contribution in [2.24, 2.45) is 0 Å². The van der Waals surface area contributed by atoms with Gasteiger partial charge < -0.3 is 10.2 Å². The molecule has 4 aromatic rings. The maximum Gasteiger partial charge on any atom is 0.152 e. The van der Waals surface area contributed by atoms with E-state index in [-0.39, 0.29) is 0 Å². The van der Waals surface area contributed by atoms with Crippen molar-refractivity contribution in [1.82, 2.24) is 0 Å². The summed E-state index contributed by atoms with van der Waals surface area (Å²) in [6.07, 6.45) is 0. The summed E-state index contributed by atoms with van der Waals surface area (Å²) in [5.41, 5.74) is -0.675. The van der Waals surface area contributed by atoms with E-state index in [1.165, 1.54) is 10.4 Å². The molecule has 2 N–H and O–H groups in total. The lowest BCUT2D eigenvalue weighted by molar-refractivity contribution is -0.112. The standard InChI is InChI=1S/C32H38O2Si2/c1-35(2,3)29-24-16-23-28(30(29)36(4,5)6)32(34,27-21-14-9-15-22-27)31(33,25-17-10-7-11-18-25)26-19-12-8-13-20-26/h7-24,33-34H,1-6H3. The zero-order chi connectivity index (χ0) is 26.2. The minimum atomic E-state index is -1.99. The Morgan fingerprint density at radius 2 is 0.833 bits per heavy atom. The molecule has 0 aromatic heterocycles. The smallest absolute Gasteiger partial charge is 0.152 e. The largest absolute Gasteiger partial charge is 0.377 e. The van der Waals surface area contributed by atoms with Gasteiger partial charge >= 0.3 is 0 Å². The molecule has 0 radical (unpaired) electrons. The van der Waals surface area contributed by atoms with Crippen molar-refractivity contribution in [3.63, 3.8) is 0 Å². The van der Waals surface area contributed by atoms with Gasteiger partial charge in [-0.3, -0.25) is 0 Å². The molecule has 0 aliphatic heterocycles. The highest BCUT2D eigenvalue weighted by Gasteiger charge is 2.56. The molecular weight excluding hydrogens is 473 g/mol. The van der Waals surface area contributed by atoms with Gasteiger partial charge in [-0.2, -0.15) is 0 Å². The Balaban J connectivity index is 2.23. The lowest BCUT2D eigenvalue weighted by atomic mass is 9.66. The lowest BCUT2D eigenvalue weighted by Gasteiger charge is -2.47. The average molecular weight is 511 g/mol. The topological polar surface area (TPSA) is 40.5 Å².